The third-order valence-corrected chi connectivity index (χ3v) is 1.27. The van der Waals surface area contributed by atoms with Crippen LogP contribution in [0, 0.1) is 0 Å². The van der Waals surface area contributed by atoms with Gasteiger partial charge in [0.25, 0.3) is 0 Å². The van der Waals surface area contributed by atoms with Crippen LogP contribution in [0.25, 0.3) is 0 Å². The van der Waals surface area contributed by atoms with Crippen molar-refractivity contribution in [2.45, 2.75) is 26.7 Å². The number of rotatable bonds is 3. The number of unbranched alkanes of at least 4 members (excludes halogenated alkanes) is 1. The van der Waals surface area contributed by atoms with Crippen molar-refractivity contribution in [1.82, 2.24) is 0 Å². The van der Waals surface area contributed by atoms with Gasteiger partial charge in [-0.05, 0) is 0 Å². The normalized spacial score (nSPS) is 9.20. The molecule has 0 atom stereocenters. The summed E-state index contributed by atoms with van der Waals surface area (Å²) in [5, 5.41) is 8.39. The minimum Gasteiger partial charge on any atom is -0.415 e. The number of aliphatic hydroxyl groups is 1. The van der Waals surface area contributed by atoms with Crippen LogP contribution in [0.15, 0.2) is 0 Å². The molecule has 0 unspecified atom stereocenters. The number of likely N-dealkylation sites (N-methyl/N-ethyl adjacent to an activating group) is 1. The van der Waals surface area contributed by atoms with Gasteiger partial charge in [-0.2, -0.15) is 0 Å². The molecule has 0 aliphatic rings. The number of quaternary nitrogens is 1. The van der Waals surface area contributed by atoms with Gasteiger partial charge in [0.2, 0.25) is 0 Å². The Morgan fingerprint density at radius 1 is 1.27 bits per heavy atom. The Morgan fingerprint density at radius 3 is 1.53 bits per heavy atom. The van der Waals surface area contributed by atoms with E-state index in [4.69, 9.17) is 5.11 Å². The standard InChI is InChI=1S/C5H14NO.C4H10.CH3NS2/c1-6(2,3)4-5-7;1-3-4-2;2-1(3)4/h7H,4-5H2,1-3H3;3-4H2,1-2H3;(H3,2,3,4)/q+1;;/p-1. The van der Waals surface area contributed by atoms with Crippen molar-refractivity contribution < 1.29 is 9.59 Å². The number of nitrogens with two attached hydrogens (primary N) is 1. The minimum absolute atomic E-state index is 0.0833. The molecule has 0 aliphatic carbocycles. The summed E-state index contributed by atoms with van der Waals surface area (Å²) in [6.45, 7) is 5.48. The molecule has 0 aromatic heterocycles. The molecule has 0 radical (unpaired) electrons. The highest BCUT2D eigenvalue weighted by Gasteiger charge is 2.02. The predicted molar refractivity (Wildman–Crippen MR) is 74.7 cm³/mol. The van der Waals surface area contributed by atoms with Crippen LogP contribution in [-0.4, -0.2) is 48.2 Å². The van der Waals surface area contributed by atoms with E-state index < -0.39 is 0 Å². The Bertz CT molecular complexity index is 130. The summed E-state index contributed by atoms with van der Waals surface area (Å²) in [6, 6.07) is 0. The van der Waals surface area contributed by atoms with Gasteiger partial charge in [0.1, 0.15) is 6.54 Å². The Labute approximate surface area is 106 Å². The van der Waals surface area contributed by atoms with E-state index in [1.165, 1.54) is 12.8 Å². The summed E-state index contributed by atoms with van der Waals surface area (Å²) < 4.78 is 0.927. The first-order chi connectivity index (χ1) is 6.71. The zero-order valence-corrected chi connectivity index (χ0v) is 12.2. The van der Waals surface area contributed by atoms with Crippen molar-refractivity contribution in [2.75, 3.05) is 34.3 Å². The first kappa shape index (κ1) is 20.4. The lowest BCUT2D eigenvalue weighted by Gasteiger charge is -2.21. The maximum absolute atomic E-state index is 8.39. The third-order valence-electron chi connectivity index (χ3n) is 1.27. The number of thiocarbonyl (C=S) groups is 1. The smallest absolute Gasteiger partial charge is 0.101 e. The Balaban J connectivity index is -0.000000155. The monoisotopic (exact) mass is 254 g/mol. The molecule has 0 rings (SSSR count). The average Bonchev–Trinajstić information content (AvgIpc) is 2.01. The number of hydrogen-bond acceptors (Lipinski definition) is 3. The van der Waals surface area contributed by atoms with E-state index in [0.29, 0.717) is 0 Å². The second kappa shape index (κ2) is 14.0. The van der Waals surface area contributed by atoms with Gasteiger partial charge in [0.05, 0.1) is 27.7 Å². The van der Waals surface area contributed by atoms with Gasteiger partial charge in [-0.25, -0.2) is 0 Å². The van der Waals surface area contributed by atoms with Gasteiger partial charge in [-0.3, -0.25) is 0 Å². The van der Waals surface area contributed by atoms with Crippen molar-refractivity contribution in [3.63, 3.8) is 0 Å². The van der Waals surface area contributed by atoms with Gasteiger partial charge in [0, 0.05) is 0 Å². The van der Waals surface area contributed by atoms with Crippen molar-refractivity contribution in [1.29, 1.82) is 0 Å². The molecule has 3 N–H and O–H groups in total. The second-order valence-electron chi connectivity index (χ2n) is 4.06. The van der Waals surface area contributed by atoms with Crippen molar-refractivity contribution in [3.05, 3.63) is 0 Å². The van der Waals surface area contributed by atoms with E-state index in [1.54, 1.807) is 0 Å². The molecule has 0 saturated carbocycles. The SMILES string of the molecule is CCCC.C[N+](C)(C)CCO.NC(=S)[S-]. The lowest BCUT2D eigenvalue weighted by atomic mass is 10.4. The lowest BCUT2D eigenvalue weighted by Crippen LogP contribution is -2.36. The summed E-state index contributed by atoms with van der Waals surface area (Å²) in [5.74, 6) is 0. The maximum atomic E-state index is 8.39. The molecule has 5 heteroatoms. The Hall–Kier alpha value is 0.0300. The van der Waals surface area contributed by atoms with E-state index in [9.17, 15) is 0 Å². The van der Waals surface area contributed by atoms with Crippen LogP contribution in [0.5, 0.6) is 0 Å². The highest BCUT2D eigenvalue weighted by Crippen LogP contribution is 1.84. The fraction of sp³-hybridized carbons (Fsp3) is 0.900. The molecule has 0 aromatic carbocycles. The van der Waals surface area contributed by atoms with Gasteiger partial charge in [-0.15, -0.1) is 0 Å². The lowest BCUT2D eigenvalue weighted by molar-refractivity contribution is -0.870. The quantitative estimate of drug-likeness (QED) is 0.452. The molecule has 0 spiro atoms. The highest BCUT2D eigenvalue weighted by molar-refractivity contribution is 8.00. The van der Waals surface area contributed by atoms with Crippen LogP contribution in [-0.2, 0) is 12.6 Å². The second-order valence-corrected chi connectivity index (χ2v) is 5.19. The minimum atomic E-state index is 0.0833. The number of hydrogen-bond donors (Lipinski definition) is 2. The fourth-order valence-corrected chi connectivity index (χ4v) is 0.300. The van der Waals surface area contributed by atoms with E-state index in [0.717, 1.165) is 11.0 Å². The highest BCUT2D eigenvalue weighted by atomic mass is 32.1. The molecule has 0 heterocycles. The molecule has 0 aliphatic heterocycles. The average molecular weight is 254 g/mol. The van der Waals surface area contributed by atoms with Crippen molar-refractivity contribution in [2.24, 2.45) is 5.73 Å². The van der Waals surface area contributed by atoms with Crippen LogP contribution in [0.3, 0.4) is 0 Å². The molecule has 0 amide bonds. The first-order valence-corrected chi connectivity index (χ1v) is 5.90. The molecule has 15 heavy (non-hydrogen) atoms. The molecule has 0 bridgehead atoms. The summed E-state index contributed by atoms with van der Waals surface area (Å²) in [6.07, 6.45) is 2.64. The van der Waals surface area contributed by atoms with E-state index in [-0.39, 0.29) is 10.9 Å². The Morgan fingerprint density at radius 2 is 1.53 bits per heavy atom. The van der Waals surface area contributed by atoms with Gasteiger partial charge in [-0.1, -0.05) is 31.0 Å². The summed E-state index contributed by atoms with van der Waals surface area (Å²) in [7, 11) is 6.16. The molecular formula is C10H26N2OS2. The van der Waals surface area contributed by atoms with Gasteiger partial charge in [0.15, 0.2) is 0 Å². The van der Waals surface area contributed by atoms with Gasteiger partial charge < -0.3 is 40.2 Å². The van der Waals surface area contributed by atoms with Crippen LogP contribution in [0.2, 0.25) is 0 Å². The van der Waals surface area contributed by atoms with Crippen LogP contribution >= 0.6 is 12.2 Å². The summed E-state index contributed by atoms with van der Waals surface area (Å²) in [5.41, 5.74) is 4.66. The van der Waals surface area contributed by atoms with Crippen LogP contribution in [0.1, 0.15) is 26.7 Å². The third kappa shape index (κ3) is 80.3. The predicted octanol–water partition coefficient (Wildman–Crippen LogP) is 1.27. The van der Waals surface area contributed by atoms with E-state index in [2.05, 4.69) is 65.6 Å². The zero-order chi connectivity index (χ0) is 12.9. The zero-order valence-electron chi connectivity index (χ0n) is 10.6. The largest absolute Gasteiger partial charge is 0.415 e. The molecule has 3 nitrogen and oxygen atoms in total. The van der Waals surface area contributed by atoms with Crippen LogP contribution in [0.4, 0.5) is 0 Å². The van der Waals surface area contributed by atoms with Crippen molar-refractivity contribution >= 4 is 29.2 Å². The molecular weight excluding hydrogens is 228 g/mol. The molecule has 0 fully saturated rings. The molecule has 94 valence electrons. The molecule has 0 saturated heterocycles. The fourth-order valence-electron chi connectivity index (χ4n) is 0.300. The summed E-state index contributed by atoms with van der Waals surface area (Å²) in [4.78, 5) is 0. The Kier molecular flexibility index (Phi) is 19.1. The number of aliphatic hydroxyl groups excluding tert-OH is 1. The van der Waals surface area contributed by atoms with Gasteiger partial charge >= 0.3 is 0 Å². The van der Waals surface area contributed by atoms with Crippen LogP contribution < -0.4 is 5.73 Å². The number of nitrogens with zero attached hydrogens (tertiary/aromatic N) is 1. The van der Waals surface area contributed by atoms with E-state index >= 15 is 0 Å². The topological polar surface area (TPSA) is 46.2 Å². The first-order valence-electron chi connectivity index (χ1n) is 5.09. The maximum Gasteiger partial charge on any atom is 0.101 e. The summed E-state index contributed by atoms with van der Waals surface area (Å²) >= 11 is 8.26. The van der Waals surface area contributed by atoms with Crippen molar-refractivity contribution in [3.8, 4) is 0 Å². The molecule has 0 aromatic rings. The van der Waals surface area contributed by atoms with E-state index in [1.807, 2.05) is 0 Å².